The van der Waals surface area contributed by atoms with Crippen molar-refractivity contribution in [1.82, 2.24) is 31.9 Å². The van der Waals surface area contributed by atoms with Gasteiger partial charge in [0.15, 0.2) is 6.04 Å². The Balaban J connectivity index is 2.23. The second-order valence-corrected chi connectivity index (χ2v) is 13.3. The van der Waals surface area contributed by atoms with Crippen molar-refractivity contribution in [3.05, 3.63) is 65.7 Å². The van der Waals surface area contributed by atoms with Gasteiger partial charge >= 0.3 is 5.97 Å². The number of carbonyl (C=O) groups is 8. The van der Waals surface area contributed by atoms with E-state index in [9.17, 15) is 53.7 Å². The van der Waals surface area contributed by atoms with E-state index in [-0.39, 0.29) is 24.5 Å². The fraction of sp³-hybridized carbons (Fsp3) is 0.444. The van der Waals surface area contributed by atoms with Crippen molar-refractivity contribution in [2.75, 3.05) is 6.54 Å². The highest BCUT2D eigenvalue weighted by atomic mass is 16.4. The lowest BCUT2D eigenvalue weighted by Crippen LogP contribution is -2.60. The van der Waals surface area contributed by atoms with E-state index < -0.39 is 103 Å². The number of aromatic hydroxyl groups is 1. The molecule has 0 aromatic heterocycles. The molecule has 2 rings (SSSR count). The van der Waals surface area contributed by atoms with Gasteiger partial charge in [-0.3, -0.25) is 33.6 Å². The average molecular weight is 771 g/mol. The molecule has 0 heterocycles. The van der Waals surface area contributed by atoms with E-state index in [1.165, 1.54) is 31.2 Å². The molecule has 55 heavy (non-hydrogen) atoms. The normalized spacial score (nSPS) is 14.7. The number of benzene rings is 2. The first kappa shape index (κ1) is 45.1. The topological polar surface area (TPSA) is 321 Å². The number of rotatable bonds is 21. The van der Waals surface area contributed by atoms with Crippen LogP contribution in [0.25, 0.3) is 0 Å². The molecule has 300 valence electrons. The van der Waals surface area contributed by atoms with Crippen LogP contribution in [-0.4, -0.2) is 112 Å². The number of hydrogen-bond acceptors (Lipinski definition) is 11. The van der Waals surface area contributed by atoms with Crippen molar-refractivity contribution in [3.8, 4) is 5.75 Å². The van der Waals surface area contributed by atoms with Crippen LogP contribution < -0.4 is 43.4 Å². The monoisotopic (exact) mass is 770 g/mol. The third-order valence-corrected chi connectivity index (χ3v) is 8.22. The maximum Gasteiger partial charge on any atom is 0.328 e. The van der Waals surface area contributed by atoms with Crippen LogP contribution in [0.15, 0.2) is 54.6 Å². The Labute approximate surface area is 317 Å². The van der Waals surface area contributed by atoms with Crippen LogP contribution in [-0.2, 0) is 51.2 Å². The minimum absolute atomic E-state index is 0.0127. The number of aliphatic carboxylic acids is 1. The summed E-state index contributed by atoms with van der Waals surface area (Å²) in [6.07, 6.45) is -2.55. The highest BCUT2D eigenvalue weighted by Crippen LogP contribution is 2.12. The molecule has 13 N–H and O–H groups in total. The van der Waals surface area contributed by atoms with Crippen molar-refractivity contribution in [1.29, 1.82) is 0 Å². The fourth-order valence-corrected chi connectivity index (χ4v) is 4.97. The van der Waals surface area contributed by atoms with E-state index in [0.717, 1.165) is 6.92 Å². The van der Waals surface area contributed by atoms with Gasteiger partial charge in [-0.1, -0.05) is 56.3 Å². The van der Waals surface area contributed by atoms with Gasteiger partial charge in [0, 0.05) is 12.8 Å². The number of nitrogens with one attached hydrogen (secondary N) is 6. The Hall–Kier alpha value is -6.08. The van der Waals surface area contributed by atoms with Gasteiger partial charge in [-0.05, 0) is 43.0 Å². The molecule has 0 aliphatic rings. The first-order valence-electron chi connectivity index (χ1n) is 17.3. The maximum atomic E-state index is 13.5. The van der Waals surface area contributed by atoms with Crippen LogP contribution in [0.5, 0.6) is 5.75 Å². The number of phenolic OH excluding ortho intramolecular Hbond substituents is 1. The summed E-state index contributed by atoms with van der Waals surface area (Å²) in [5.74, 6) is -8.04. The molecule has 0 aliphatic carbocycles. The zero-order chi connectivity index (χ0) is 41.4. The molecule has 19 heteroatoms. The van der Waals surface area contributed by atoms with Crippen LogP contribution in [0.1, 0.15) is 45.2 Å². The van der Waals surface area contributed by atoms with E-state index in [0.29, 0.717) is 11.1 Å². The van der Waals surface area contributed by atoms with Gasteiger partial charge < -0.3 is 58.7 Å². The molecule has 19 nitrogen and oxygen atoms in total. The quantitative estimate of drug-likeness (QED) is 0.0608. The Morgan fingerprint density at radius 3 is 1.69 bits per heavy atom. The largest absolute Gasteiger partial charge is 0.508 e. The van der Waals surface area contributed by atoms with Gasteiger partial charge in [-0.25, -0.2) is 4.79 Å². The van der Waals surface area contributed by atoms with Gasteiger partial charge in [0.25, 0.3) is 0 Å². The minimum Gasteiger partial charge on any atom is -0.508 e. The van der Waals surface area contributed by atoms with E-state index in [1.54, 1.807) is 44.2 Å². The van der Waals surface area contributed by atoms with Gasteiger partial charge in [0.05, 0.1) is 25.1 Å². The van der Waals surface area contributed by atoms with Gasteiger partial charge in [-0.15, -0.1) is 0 Å². The van der Waals surface area contributed by atoms with Crippen LogP contribution in [0, 0.1) is 5.92 Å². The van der Waals surface area contributed by atoms with Crippen molar-refractivity contribution in [3.63, 3.8) is 0 Å². The lowest BCUT2D eigenvalue weighted by molar-refractivity contribution is -0.145. The summed E-state index contributed by atoms with van der Waals surface area (Å²) in [7, 11) is 0. The Morgan fingerprint density at radius 1 is 0.655 bits per heavy atom. The van der Waals surface area contributed by atoms with Crippen LogP contribution in [0.3, 0.4) is 0 Å². The van der Waals surface area contributed by atoms with Crippen molar-refractivity contribution >= 4 is 47.3 Å². The SMILES string of the molecule is CC(C)[C@H](N)C(=O)NCC(=O)N[C@@H](Cc1ccccc1)C(=O)N[C@@H](C)C(=O)N[C@@H](CC(N)=O)C(=O)N[C@@H](Cc1ccc(O)cc1)C(=O)N[C@H](C(=O)O)[C@@H](C)O. The van der Waals surface area contributed by atoms with E-state index >= 15 is 0 Å². The zero-order valence-corrected chi connectivity index (χ0v) is 30.9. The summed E-state index contributed by atoms with van der Waals surface area (Å²) in [5.41, 5.74) is 12.2. The molecule has 0 fully saturated rings. The summed E-state index contributed by atoms with van der Waals surface area (Å²) in [5, 5.41) is 43.2. The molecular formula is C36H50N8O11. The van der Waals surface area contributed by atoms with E-state index in [1.807, 2.05) is 0 Å². The molecule has 0 bridgehead atoms. The molecule has 0 saturated carbocycles. The first-order chi connectivity index (χ1) is 25.8. The first-order valence-corrected chi connectivity index (χ1v) is 17.3. The molecule has 0 saturated heterocycles. The number of aliphatic hydroxyl groups excluding tert-OH is 1. The number of hydrogen-bond donors (Lipinski definition) is 11. The summed E-state index contributed by atoms with van der Waals surface area (Å²) in [4.78, 5) is 102. The average Bonchev–Trinajstić information content (AvgIpc) is 3.12. The summed E-state index contributed by atoms with van der Waals surface area (Å²) >= 11 is 0. The molecule has 0 radical (unpaired) electrons. The number of nitrogens with two attached hydrogens (primary N) is 2. The van der Waals surface area contributed by atoms with Crippen LogP contribution in [0.4, 0.5) is 0 Å². The van der Waals surface area contributed by atoms with E-state index in [4.69, 9.17) is 11.5 Å². The lowest BCUT2D eigenvalue weighted by atomic mass is 10.0. The van der Waals surface area contributed by atoms with Gasteiger partial charge in [-0.2, -0.15) is 0 Å². The fourth-order valence-electron chi connectivity index (χ4n) is 4.97. The Bertz CT molecular complexity index is 1670. The predicted molar refractivity (Wildman–Crippen MR) is 196 cm³/mol. The van der Waals surface area contributed by atoms with Crippen molar-refractivity contribution in [2.45, 2.75) is 89.3 Å². The number of primary amides is 1. The third kappa shape index (κ3) is 15.4. The third-order valence-electron chi connectivity index (χ3n) is 8.22. The Morgan fingerprint density at radius 2 is 1.16 bits per heavy atom. The second kappa shape index (κ2) is 21.6. The molecule has 0 aliphatic heterocycles. The molecule has 0 spiro atoms. The minimum atomic E-state index is -1.75. The lowest BCUT2D eigenvalue weighted by Gasteiger charge is -2.26. The molecule has 0 unspecified atom stereocenters. The molecule has 7 atom stereocenters. The smallest absolute Gasteiger partial charge is 0.328 e. The number of phenols is 1. The maximum absolute atomic E-state index is 13.5. The van der Waals surface area contributed by atoms with Crippen LogP contribution >= 0.6 is 0 Å². The Kier molecular flexibility index (Phi) is 17.7. The predicted octanol–water partition coefficient (Wildman–Crippen LogP) is -2.94. The van der Waals surface area contributed by atoms with Gasteiger partial charge in [0.1, 0.15) is 29.9 Å². The second-order valence-electron chi connectivity index (χ2n) is 13.3. The zero-order valence-electron chi connectivity index (χ0n) is 30.9. The van der Waals surface area contributed by atoms with Crippen LogP contribution in [0.2, 0.25) is 0 Å². The highest BCUT2D eigenvalue weighted by molar-refractivity contribution is 5.98. The molecule has 2 aromatic carbocycles. The number of carboxylic acid groups (broad SMARTS) is 1. The number of carbonyl (C=O) groups excluding carboxylic acids is 7. The number of aliphatic hydroxyl groups is 1. The highest BCUT2D eigenvalue weighted by Gasteiger charge is 2.33. The molecule has 7 amide bonds. The van der Waals surface area contributed by atoms with Crippen molar-refractivity contribution < 1.29 is 53.7 Å². The van der Waals surface area contributed by atoms with Crippen molar-refractivity contribution in [2.24, 2.45) is 17.4 Å². The van der Waals surface area contributed by atoms with Gasteiger partial charge in [0.2, 0.25) is 41.4 Å². The summed E-state index contributed by atoms with van der Waals surface area (Å²) in [6, 6.07) is 5.67. The molecular weight excluding hydrogens is 720 g/mol. The summed E-state index contributed by atoms with van der Waals surface area (Å²) < 4.78 is 0. The molecule has 2 aromatic rings. The summed E-state index contributed by atoms with van der Waals surface area (Å²) in [6.45, 7) is 5.38. The number of amides is 7. The van der Waals surface area contributed by atoms with E-state index in [2.05, 4.69) is 31.9 Å². The standard InChI is InChI=1S/C36H50N8O11/c1-18(2)29(38)35(53)39-17-28(48)41-24(14-21-8-6-5-7-9-21)32(50)40-19(3)31(49)42-26(16-27(37)47)33(51)43-25(15-22-10-12-23(46)13-11-22)34(52)44-30(20(4)45)36(54)55/h5-13,18-20,24-26,29-30,45-46H,14-17,38H2,1-4H3,(H2,37,47)(H,39,53)(H,40,50)(H,41,48)(H,42,49)(H,43,51)(H,44,52)(H,54,55)/t19-,20+,24-,25-,26-,29-,30-/m0/s1. The number of carboxylic acids is 1.